The number of carbonyl (C=O) groups is 1. The zero-order chi connectivity index (χ0) is 20.9. The molecule has 0 unspecified atom stereocenters. The molecule has 0 atom stereocenters. The van der Waals surface area contributed by atoms with Crippen LogP contribution in [-0.4, -0.2) is 32.2 Å². The fourth-order valence-electron chi connectivity index (χ4n) is 3.71. The van der Waals surface area contributed by atoms with Crippen LogP contribution >= 0.6 is 0 Å². The minimum absolute atomic E-state index is 0.248. The molecular weight excluding hydrogens is 372 g/mol. The first-order valence-electron chi connectivity index (χ1n) is 9.53. The van der Waals surface area contributed by atoms with Gasteiger partial charge in [0.05, 0.1) is 13.2 Å². The second-order valence-corrected chi connectivity index (χ2v) is 7.89. The Morgan fingerprint density at radius 3 is 2.90 bits per heavy atom. The second kappa shape index (κ2) is 6.73. The van der Waals surface area contributed by atoms with Crippen molar-refractivity contribution in [1.82, 2.24) is 19.9 Å². The summed E-state index contributed by atoms with van der Waals surface area (Å²) in [4.78, 5) is 32.8. The molecule has 0 saturated heterocycles. The number of amides is 1. The lowest BCUT2D eigenvalue weighted by Crippen LogP contribution is -2.42. The van der Waals surface area contributed by atoms with E-state index in [1.807, 2.05) is 32.0 Å². The smallest absolute Gasteiger partial charge is 0.296 e. The van der Waals surface area contributed by atoms with Gasteiger partial charge in [-0.1, -0.05) is 6.07 Å². The van der Waals surface area contributed by atoms with Crippen molar-refractivity contribution in [3.05, 3.63) is 56.9 Å². The lowest BCUT2D eigenvalue weighted by Gasteiger charge is -2.32. The molecule has 8 heteroatoms. The highest BCUT2D eigenvalue weighted by Crippen LogP contribution is 2.27. The monoisotopic (exact) mass is 396 g/mol. The summed E-state index contributed by atoms with van der Waals surface area (Å²) < 4.78 is 7.03. The highest BCUT2D eigenvalue weighted by atomic mass is 16.5. The summed E-state index contributed by atoms with van der Waals surface area (Å²) in [5.74, 6) is -0.917. The summed E-state index contributed by atoms with van der Waals surface area (Å²) in [5, 5.41) is 14.1. The molecule has 1 aliphatic rings. The van der Waals surface area contributed by atoms with Crippen LogP contribution in [-0.2, 0) is 23.4 Å². The molecule has 8 nitrogen and oxygen atoms in total. The van der Waals surface area contributed by atoms with Gasteiger partial charge >= 0.3 is 0 Å². The number of fused-ring (bicyclic) bond motifs is 2. The number of benzene rings is 1. The molecule has 0 bridgehead atoms. The highest BCUT2D eigenvalue weighted by Gasteiger charge is 2.34. The maximum absolute atomic E-state index is 12.7. The lowest BCUT2D eigenvalue weighted by molar-refractivity contribution is -0.0566. The van der Waals surface area contributed by atoms with Crippen LogP contribution in [0.25, 0.3) is 10.9 Å². The van der Waals surface area contributed by atoms with Crippen molar-refractivity contribution < 1.29 is 14.6 Å². The number of aromatic amines is 1. The number of hydrogen-bond acceptors (Lipinski definition) is 5. The Hall–Kier alpha value is -3.13. The summed E-state index contributed by atoms with van der Waals surface area (Å²) in [6.07, 6.45) is 0. The number of rotatable bonds is 3. The van der Waals surface area contributed by atoms with Gasteiger partial charge in [-0.3, -0.25) is 14.2 Å². The fourth-order valence-corrected chi connectivity index (χ4v) is 3.71. The third-order valence-electron chi connectivity index (χ3n) is 5.50. The van der Waals surface area contributed by atoms with Crippen molar-refractivity contribution in [3.63, 3.8) is 0 Å². The standard InChI is InChI=1S/C21H24N4O4/c1-11-12(2)23-15-6-5-13(9-14(11)15)10-22-18(27)16-17(26)19(28)25-7-8-29-21(3,4)20(25)24-16/h5-6,9,23,26H,7-8,10H2,1-4H3,(H,22,27). The Labute approximate surface area is 167 Å². The Bertz CT molecular complexity index is 1190. The van der Waals surface area contributed by atoms with Crippen LogP contribution in [0.2, 0.25) is 0 Å². The van der Waals surface area contributed by atoms with Crippen molar-refractivity contribution in [3.8, 4) is 5.75 Å². The Morgan fingerprint density at radius 1 is 1.38 bits per heavy atom. The summed E-state index contributed by atoms with van der Waals surface area (Å²) >= 11 is 0. The van der Waals surface area contributed by atoms with Gasteiger partial charge < -0.3 is 20.1 Å². The summed E-state index contributed by atoms with van der Waals surface area (Å²) in [6.45, 7) is 8.49. The van der Waals surface area contributed by atoms with Crippen LogP contribution in [0.1, 0.15) is 47.0 Å². The van der Waals surface area contributed by atoms with Crippen LogP contribution in [0.3, 0.4) is 0 Å². The first-order chi connectivity index (χ1) is 13.7. The Balaban J connectivity index is 1.61. The maximum atomic E-state index is 12.7. The zero-order valence-electron chi connectivity index (χ0n) is 16.9. The van der Waals surface area contributed by atoms with Crippen molar-refractivity contribution in [2.24, 2.45) is 0 Å². The third kappa shape index (κ3) is 3.19. The van der Waals surface area contributed by atoms with Gasteiger partial charge in [-0.2, -0.15) is 0 Å². The molecular formula is C21H24N4O4. The summed E-state index contributed by atoms with van der Waals surface area (Å²) in [7, 11) is 0. The van der Waals surface area contributed by atoms with Crippen molar-refractivity contribution in [1.29, 1.82) is 0 Å². The second-order valence-electron chi connectivity index (χ2n) is 7.89. The van der Waals surface area contributed by atoms with Gasteiger partial charge in [0.25, 0.3) is 11.5 Å². The maximum Gasteiger partial charge on any atom is 0.296 e. The minimum atomic E-state index is -0.825. The van der Waals surface area contributed by atoms with E-state index in [4.69, 9.17) is 4.74 Å². The summed E-state index contributed by atoms with van der Waals surface area (Å²) in [5.41, 5.74) is 2.48. The first kappa shape index (κ1) is 19.2. The molecule has 1 amide bonds. The van der Waals surface area contributed by atoms with E-state index in [-0.39, 0.29) is 18.8 Å². The summed E-state index contributed by atoms with van der Waals surface area (Å²) in [6, 6.07) is 5.90. The molecule has 29 heavy (non-hydrogen) atoms. The Kier molecular flexibility index (Phi) is 4.46. The van der Waals surface area contributed by atoms with E-state index in [2.05, 4.69) is 15.3 Å². The van der Waals surface area contributed by atoms with E-state index >= 15 is 0 Å². The minimum Gasteiger partial charge on any atom is -0.501 e. The number of H-pyrrole nitrogens is 1. The van der Waals surface area contributed by atoms with Crippen LogP contribution < -0.4 is 10.9 Å². The number of aromatic hydroxyl groups is 1. The van der Waals surface area contributed by atoms with Crippen molar-refractivity contribution in [2.75, 3.05) is 6.61 Å². The van der Waals surface area contributed by atoms with Gasteiger partial charge in [0.1, 0.15) is 11.4 Å². The fraction of sp³-hybridized carbons (Fsp3) is 0.381. The molecule has 3 heterocycles. The highest BCUT2D eigenvalue weighted by molar-refractivity contribution is 5.94. The van der Waals surface area contributed by atoms with E-state index < -0.39 is 22.8 Å². The predicted octanol–water partition coefficient (Wildman–Crippen LogP) is 2.24. The molecule has 1 aliphatic heterocycles. The van der Waals surface area contributed by atoms with E-state index in [1.54, 1.807) is 13.8 Å². The first-order valence-corrected chi connectivity index (χ1v) is 9.53. The van der Waals surface area contributed by atoms with Crippen molar-refractivity contribution >= 4 is 16.8 Å². The van der Waals surface area contributed by atoms with Crippen molar-refractivity contribution in [2.45, 2.75) is 46.4 Å². The predicted molar refractivity (Wildman–Crippen MR) is 108 cm³/mol. The average molecular weight is 396 g/mol. The molecule has 0 spiro atoms. The zero-order valence-corrected chi connectivity index (χ0v) is 16.9. The van der Waals surface area contributed by atoms with E-state index in [0.717, 1.165) is 27.7 Å². The third-order valence-corrected chi connectivity index (χ3v) is 5.50. The van der Waals surface area contributed by atoms with Crippen LogP contribution in [0, 0.1) is 13.8 Å². The molecule has 1 aromatic carbocycles. The molecule has 3 aromatic rings. The SMILES string of the molecule is Cc1[nH]c2ccc(CNC(=O)c3nc4n(c(=O)c3O)CCOC4(C)C)cc2c1C. The van der Waals surface area contributed by atoms with E-state index in [9.17, 15) is 14.7 Å². The van der Waals surface area contributed by atoms with Gasteiger partial charge in [-0.05, 0) is 51.0 Å². The van der Waals surface area contributed by atoms with Gasteiger partial charge in [0.15, 0.2) is 5.69 Å². The molecule has 0 fully saturated rings. The number of aryl methyl sites for hydroxylation is 2. The molecule has 3 N–H and O–H groups in total. The number of aromatic nitrogens is 3. The lowest BCUT2D eigenvalue weighted by atomic mass is 10.1. The van der Waals surface area contributed by atoms with Crippen LogP contribution in [0.4, 0.5) is 0 Å². The average Bonchev–Trinajstić information content (AvgIpc) is 2.96. The molecule has 2 aromatic heterocycles. The largest absolute Gasteiger partial charge is 0.501 e. The topological polar surface area (TPSA) is 109 Å². The Morgan fingerprint density at radius 2 is 2.14 bits per heavy atom. The number of nitrogens with one attached hydrogen (secondary N) is 2. The number of carbonyl (C=O) groups excluding carboxylic acids is 1. The number of ether oxygens (including phenoxy) is 1. The normalized spacial score (nSPS) is 15.3. The van der Waals surface area contributed by atoms with Gasteiger partial charge in [0.2, 0.25) is 5.75 Å². The van der Waals surface area contributed by atoms with Gasteiger partial charge in [-0.15, -0.1) is 0 Å². The van der Waals surface area contributed by atoms with E-state index in [0.29, 0.717) is 12.4 Å². The number of hydrogen-bond donors (Lipinski definition) is 3. The molecule has 0 saturated carbocycles. The van der Waals surface area contributed by atoms with Gasteiger partial charge in [0, 0.05) is 23.1 Å². The number of nitrogens with zero attached hydrogens (tertiary/aromatic N) is 2. The van der Waals surface area contributed by atoms with Crippen LogP contribution in [0.15, 0.2) is 23.0 Å². The van der Waals surface area contributed by atoms with Gasteiger partial charge in [-0.25, -0.2) is 4.98 Å². The molecule has 152 valence electrons. The molecule has 0 radical (unpaired) electrons. The van der Waals surface area contributed by atoms with Crippen LogP contribution in [0.5, 0.6) is 5.75 Å². The quantitative estimate of drug-likeness (QED) is 0.629. The molecule has 4 rings (SSSR count). The van der Waals surface area contributed by atoms with E-state index in [1.165, 1.54) is 4.57 Å². The molecule has 0 aliphatic carbocycles.